The van der Waals surface area contributed by atoms with Gasteiger partial charge in [-0.25, -0.2) is 0 Å². The third kappa shape index (κ3) is 4.58. The highest BCUT2D eigenvalue weighted by molar-refractivity contribution is 6.30. The second-order valence-electron chi connectivity index (χ2n) is 4.31. The Hall–Kier alpha value is -1.51. The fourth-order valence-electron chi connectivity index (χ4n) is 1.82. The minimum atomic E-state index is 0.703. The molecule has 0 aliphatic rings. The largest absolute Gasteiger partial charge is 0.494 e. The van der Waals surface area contributed by atoms with Crippen LogP contribution in [0.1, 0.15) is 18.1 Å². The third-order valence-electron chi connectivity index (χ3n) is 2.81. The summed E-state index contributed by atoms with van der Waals surface area (Å²) in [6.07, 6.45) is 0. The van der Waals surface area contributed by atoms with Gasteiger partial charge < -0.3 is 10.1 Å². The summed E-state index contributed by atoms with van der Waals surface area (Å²) in [7, 11) is 0. The van der Waals surface area contributed by atoms with Crippen LogP contribution in [0.3, 0.4) is 0 Å². The Balaban J connectivity index is 1.80. The van der Waals surface area contributed by atoms with E-state index in [4.69, 9.17) is 16.3 Å². The van der Waals surface area contributed by atoms with Gasteiger partial charge >= 0.3 is 0 Å². The van der Waals surface area contributed by atoms with Crippen molar-refractivity contribution in [3.8, 4) is 5.75 Å². The molecule has 0 amide bonds. The van der Waals surface area contributed by atoms with Gasteiger partial charge in [-0.1, -0.05) is 35.9 Å². The standard InChI is InChI=1S/C16H18ClNO/c1-2-19-16-9-5-14(6-10-16)12-18-11-13-3-7-15(17)8-4-13/h3-10,18H,2,11-12H2,1H3. The quantitative estimate of drug-likeness (QED) is 0.859. The van der Waals surface area contributed by atoms with E-state index in [2.05, 4.69) is 17.4 Å². The summed E-state index contributed by atoms with van der Waals surface area (Å²) in [4.78, 5) is 0. The second kappa shape index (κ2) is 7.17. The normalized spacial score (nSPS) is 10.4. The van der Waals surface area contributed by atoms with E-state index in [1.54, 1.807) is 0 Å². The molecule has 2 nitrogen and oxygen atoms in total. The Morgan fingerprint density at radius 3 is 1.95 bits per heavy atom. The maximum absolute atomic E-state index is 5.85. The number of halogens is 1. The molecule has 0 radical (unpaired) electrons. The van der Waals surface area contributed by atoms with Gasteiger partial charge in [0, 0.05) is 18.1 Å². The molecule has 1 N–H and O–H groups in total. The molecule has 19 heavy (non-hydrogen) atoms. The van der Waals surface area contributed by atoms with Crippen molar-refractivity contribution in [2.45, 2.75) is 20.0 Å². The van der Waals surface area contributed by atoms with Crippen LogP contribution in [0.2, 0.25) is 5.02 Å². The van der Waals surface area contributed by atoms with Gasteiger partial charge in [-0.3, -0.25) is 0 Å². The Morgan fingerprint density at radius 1 is 0.895 bits per heavy atom. The number of hydrogen-bond acceptors (Lipinski definition) is 2. The molecule has 2 rings (SSSR count). The highest BCUT2D eigenvalue weighted by atomic mass is 35.5. The maximum atomic E-state index is 5.85. The molecule has 0 spiro atoms. The van der Waals surface area contributed by atoms with E-state index in [0.29, 0.717) is 6.61 Å². The van der Waals surface area contributed by atoms with Gasteiger partial charge in [-0.2, -0.15) is 0 Å². The van der Waals surface area contributed by atoms with Crippen molar-refractivity contribution in [2.24, 2.45) is 0 Å². The van der Waals surface area contributed by atoms with Crippen molar-refractivity contribution in [1.82, 2.24) is 5.32 Å². The fraction of sp³-hybridized carbons (Fsp3) is 0.250. The Labute approximate surface area is 119 Å². The molecule has 0 aliphatic heterocycles. The first kappa shape index (κ1) is 13.9. The van der Waals surface area contributed by atoms with Gasteiger partial charge in [0.25, 0.3) is 0 Å². The molecular formula is C16H18ClNO. The van der Waals surface area contributed by atoms with E-state index >= 15 is 0 Å². The first-order chi connectivity index (χ1) is 9.28. The van der Waals surface area contributed by atoms with Gasteiger partial charge in [-0.05, 0) is 42.3 Å². The third-order valence-corrected chi connectivity index (χ3v) is 3.06. The number of rotatable bonds is 6. The molecule has 0 saturated carbocycles. The van der Waals surface area contributed by atoms with E-state index in [1.807, 2.05) is 43.3 Å². The van der Waals surface area contributed by atoms with Crippen LogP contribution in [0, 0.1) is 0 Å². The molecule has 0 heterocycles. The number of nitrogens with one attached hydrogen (secondary N) is 1. The number of benzene rings is 2. The molecule has 0 bridgehead atoms. The lowest BCUT2D eigenvalue weighted by atomic mass is 10.2. The minimum Gasteiger partial charge on any atom is -0.494 e. The topological polar surface area (TPSA) is 21.3 Å². The van der Waals surface area contributed by atoms with Crippen LogP contribution >= 0.6 is 11.6 Å². The molecule has 2 aromatic carbocycles. The second-order valence-corrected chi connectivity index (χ2v) is 4.74. The summed E-state index contributed by atoms with van der Waals surface area (Å²) in [6.45, 7) is 4.37. The Kier molecular flexibility index (Phi) is 5.25. The van der Waals surface area contributed by atoms with Crippen LogP contribution in [0.15, 0.2) is 48.5 Å². The van der Waals surface area contributed by atoms with Gasteiger partial charge in [0.1, 0.15) is 5.75 Å². The first-order valence-corrected chi connectivity index (χ1v) is 6.82. The predicted octanol–water partition coefficient (Wildman–Crippen LogP) is 4.03. The highest BCUT2D eigenvalue weighted by Gasteiger charge is 1.96. The lowest BCUT2D eigenvalue weighted by molar-refractivity contribution is 0.340. The van der Waals surface area contributed by atoms with Crippen molar-refractivity contribution in [1.29, 1.82) is 0 Å². The van der Waals surface area contributed by atoms with Gasteiger partial charge in [-0.15, -0.1) is 0 Å². The first-order valence-electron chi connectivity index (χ1n) is 6.45. The zero-order valence-electron chi connectivity index (χ0n) is 11.0. The lowest BCUT2D eigenvalue weighted by Crippen LogP contribution is -2.12. The zero-order valence-corrected chi connectivity index (χ0v) is 11.8. The van der Waals surface area contributed by atoms with E-state index in [-0.39, 0.29) is 0 Å². The van der Waals surface area contributed by atoms with Crippen molar-refractivity contribution >= 4 is 11.6 Å². The summed E-state index contributed by atoms with van der Waals surface area (Å²) >= 11 is 5.85. The molecule has 100 valence electrons. The SMILES string of the molecule is CCOc1ccc(CNCc2ccc(Cl)cc2)cc1. The minimum absolute atomic E-state index is 0.703. The van der Waals surface area contributed by atoms with E-state index in [1.165, 1.54) is 11.1 Å². The van der Waals surface area contributed by atoms with E-state index in [9.17, 15) is 0 Å². The van der Waals surface area contributed by atoms with Crippen LogP contribution in [-0.2, 0) is 13.1 Å². The lowest BCUT2D eigenvalue weighted by Gasteiger charge is -2.07. The smallest absolute Gasteiger partial charge is 0.119 e. The van der Waals surface area contributed by atoms with E-state index < -0.39 is 0 Å². The van der Waals surface area contributed by atoms with Gasteiger partial charge in [0.15, 0.2) is 0 Å². The highest BCUT2D eigenvalue weighted by Crippen LogP contribution is 2.12. The fourth-order valence-corrected chi connectivity index (χ4v) is 1.95. The van der Waals surface area contributed by atoms with Crippen molar-refractivity contribution in [2.75, 3.05) is 6.61 Å². The van der Waals surface area contributed by atoms with Crippen molar-refractivity contribution < 1.29 is 4.74 Å². The van der Waals surface area contributed by atoms with Crippen LogP contribution in [0.25, 0.3) is 0 Å². The average molecular weight is 276 g/mol. The molecule has 0 aliphatic carbocycles. The van der Waals surface area contributed by atoms with E-state index in [0.717, 1.165) is 23.9 Å². The Bertz CT molecular complexity index is 493. The Morgan fingerprint density at radius 2 is 1.42 bits per heavy atom. The van der Waals surface area contributed by atoms with Gasteiger partial charge in [0.2, 0.25) is 0 Å². The molecule has 0 aromatic heterocycles. The number of ether oxygens (including phenoxy) is 1. The average Bonchev–Trinajstić information content (AvgIpc) is 2.43. The molecule has 0 saturated heterocycles. The summed E-state index contributed by atoms with van der Waals surface area (Å²) in [5.41, 5.74) is 2.48. The zero-order chi connectivity index (χ0) is 13.5. The predicted molar refractivity (Wildman–Crippen MR) is 79.6 cm³/mol. The van der Waals surface area contributed by atoms with Crippen LogP contribution in [-0.4, -0.2) is 6.61 Å². The van der Waals surface area contributed by atoms with Crippen molar-refractivity contribution in [3.63, 3.8) is 0 Å². The monoisotopic (exact) mass is 275 g/mol. The summed E-state index contributed by atoms with van der Waals surface area (Å²) in [5.74, 6) is 0.920. The summed E-state index contributed by atoms with van der Waals surface area (Å²) < 4.78 is 5.41. The molecule has 0 fully saturated rings. The number of hydrogen-bond donors (Lipinski definition) is 1. The molecule has 0 atom stereocenters. The summed E-state index contributed by atoms with van der Waals surface area (Å²) in [6, 6.07) is 16.1. The molecule has 3 heteroatoms. The van der Waals surface area contributed by atoms with Gasteiger partial charge in [0.05, 0.1) is 6.61 Å². The van der Waals surface area contributed by atoms with Crippen LogP contribution in [0.5, 0.6) is 5.75 Å². The van der Waals surface area contributed by atoms with Crippen LogP contribution in [0.4, 0.5) is 0 Å². The van der Waals surface area contributed by atoms with Crippen LogP contribution < -0.4 is 10.1 Å². The van der Waals surface area contributed by atoms with Crippen molar-refractivity contribution in [3.05, 3.63) is 64.7 Å². The summed E-state index contributed by atoms with van der Waals surface area (Å²) in [5, 5.41) is 4.18. The molecule has 2 aromatic rings. The molecular weight excluding hydrogens is 258 g/mol. The maximum Gasteiger partial charge on any atom is 0.119 e. The molecule has 0 unspecified atom stereocenters.